The molecule has 1 heterocycles. The van der Waals surface area contributed by atoms with Crippen molar-refractivity contribution < 1.29 is 28.6 Å². The molecule has 0 saturated carbocycles. The highest BCUT2D eigenvalue weighted by molar-refractivity contribution is 9.10. The fourth-order valence-electron chi connectivity index (χ4n) is 3.50. The zero-order chi connectivity index (χ0) is 27.2. The molecule has 1 aliphatic rings. The van der Waals surface area contributed by atoms with Gasteiger partial charge in [0.2, 0.25) is 5.91 Å². The van der Waals surface area contributed by atoms with Crippen LogP contribution in [-0.2, 0) is 16.2 Å². The van der Waals surface area contributed by atoms with E-state index in [4.69, 9.17) is 25.8 Å². The minimum absolute atomic E-state index is 0.180. The molecular weight excluding hydrogens is 596 g/mol. The number of halogens is 2. The molecule has 1 saturated heterocycles. The smallest absolute Gasteiger partial charge is 0.294 e. The quantitative estimate of drug-likeness (QED) is 0.279. The highest BCUT2D eigenvalue weighted by Gasteiger charge is 2.36. The van der Waals surface area contributed by atoms with Gasteiger partial charge in [-0.3, -0.25) is 19.3 Å². The molecule has 0 unspecified atom stereocenters. The van der Waals surface area contributed by atoms with E-state index in [1.54, 1.807) is 55.7 Å². The molecule has 3 aromatic carbocycles. The Labute approximate surface area is 237 Å². The van der Waals surface area contributed by atoms with Gasteiger partial charge in [-0.25, -0.2) is 0 Å². The Morgan fingerprint density at radius 2 is 1.79 bits per heavy atom. The van der Waals surface area contributed by atoms with Crippen LogP contribution >= 0.6 is 39.3 Å². The van der Waals surface area contributed by atoms with Crippen molar-refractivity contribution in [3.05, 3.63) is 86.2 Å². The number of carbonyl (C=O) groups excluding carboxylic acids is 3. The highest BCUT2D eigenvalue weighted by Crippen LogP contribution is 2.38. The second kappa shape index (κ2) is 12.4. The third-order valence-corrected chi connectivity index (χ3v) is 7.42. The van der Waals surface area contributed by atoms with Crippen LogP contribution in [0.3, 0.4) is 0 Å². The molecule has 38 heavy (non-hydrogen) atoms. The number of rotatable bonds is 9. The molecular formula is C27H22BrClN2O6S. The predicted molar refractivity (Wildman–Crippen MR) is 151 cm³/mol. The first kappa shape index (κ1) is 27.6. The molecule has 0 aliphatic carbocycles. The summed E-state index contributed by atoms with van der Waals surface area (Å²) in [5.74, 6) is 0.489. The van der Waals surface area contributed by atoms with E-state index in [2.05, 4.69) is 21.2 Å². The maximum atomic E-state index is 13.0. The first-order valence-corrected chi connectivity index (χ1v) is 13.2. The number of anilines is 1. The average molecular weight is 618 g/mol. The van der Waals surface area contributed by atoms with Crippen molar-refractivity contribution in [2.75, 3.05) is 26.1 Å². The van der Waals surface area contributed by atoms with E-state index in [1.807, 2.05) is 18.2 Å². The number of hydrogen-bond acceptors (Lipinski definition) is 7. The minimum atomic E-state index is -0.560. The number of carbonyl (C=O) groups is 3. The first-order valence-electron chi connectivity index (χ1n) is 11.2. The minimum Gasteiger partial charge on any atom is -0.497 e. The van der Waals surface area contributed by atoms with Crippen LogP contribution in [0.2, 0.25) is 5.02 Å². The van der Waals surface area contributed by atoms with Gasteiger partial charge in [0.1, 0.15) is 18.9 Å². The third kappa shape index (κ3) is 6.50. The summed E-state index contributed by atoms with van der Waals surface area (Å²) in [5, 5.41) is 2.73. The van der Waals surface area contributed by atoms with Gasteiger partial charge >= 0.3 is 0 Å². The highest BCUT2D eigenvalue weighted by atomic mass is 79.9. The lowest BCUT2D eigenvalue weighted by atomic mass is 10.1. The summed E-state index contributed by atoms with van der Waals surface area (Å²) in [6.45, 7) is -0.174. The number of methoxy groups -OCH3 is 2. The number of thioether (sulfide) groups is 1. The molecule has 3 aromatic rings. The fourth-order valence-corrected chi connectivity index (χ4v) is 4.96. The van der Waals surface area contributed by atoms with Crippen molar-refractivity contribution in [2.45, 2.75) is 6.61 Å². The van der Waals surface area contributed by atoms with Crippen molar-refractivity contribution in [3.8, 4) is 17.2 Å². The van der Waals surface area contributed by atoms with Crippen LogP contribution < -0.4 is 19.5 Å². The lowest BCUT2D eigenvalue weighted by Crippen LogP contribution is -2.36. The van der Waals surface area contributed by atoms with Crippen molar-refractivity contribution in [3.63, 3.8) is 0 Å². The number of nitrogens with zero attached hydrogens (tertiary/aromatic N) is 1. The molecule has 11 heteroatoms. The SMILES string of the molecule is COc1ccc(NC(=O)CN2C(=O)S/C(=C/c3cc(OC)c(OCc4ccccc4Cl)cc3Br)C2=O)cc1. The number of benzene rings is 3. The lowest BCUT2D eigenvalue weighted by molar-refractivity contribution is -0.127. The van der Waals surface area contributed by atoms with E-state index in [9.17, 15) is 14.4 Å². The maximum absolute atomic E-state index is 13.0. The Bertz CT molecular complexity index is 1410. The van der Waals surface area contributed by atoms with Crippen LogP contribution in [0.5, 0.6) is 17.2 Å². The molecule has 0 spiro atoms. The summed E-state index contributed by atoms with van der Waals surface area (Å²) in [6.07, 6.45) is 1.57. The average Bonchev–Trinajstić information content (AvgIpc) is 3.17. The Hall–Kier alpha value is -3.47. The second-order valence-electron chi connectivity index (χ2n) is 7.95. The van der Waals surface area contributed by atoms with E-state index < -0.39 is 23.6 Å². The van der Waals surface area contributed by atoms with Gasteiger partial charge in [0, 0.05) is 20.7 Å². The Morgan fingerprint density at radius 1 is 1.05 bits per heavy atom. The zero-order valence-corrected chi connectivity index (χ0v) is 23.5. The number of imide groups is 1. The summed E-state index contributed by atoms with van der Waals surface area (Å²) >= 11 is 10.5. The predicted octanol–water partition coefficient (Wildman–Crippen LogP) is 6.37. The summed E-state index contributed by atoms with van der Waals surface area (Å²) in [5.41, 5.74) is 1.94. The molecule has 8 nitrogen and oxygen atoms in total. The van der Waals surface area contributed by atoms with Crippen LogP contribution in [0, 0.1) is 0 Å². The van der Waals surface area contributed by atoms with Gasteiger partial charge in [-0.15, -0.1) is 0 Å². The van der Waals surface area contributed by atoms with Gasteiger partial charge < -0.3 is 19.5 Å². The van der Waals surface area contributed by atoms with E-state index in [-0.39, 0.29) is 11.5 Å². The summed E-state index contributed by atoms with van der Waals surface area (Å²) in [4.78, 5) is 39.0. The zero-order valence-electron chi connectivity index (χ0n) is 20.3. The van der Waals surface area contributed by atoms with Crippen LogP contribution in [0.15, 0.2) is 70.0 Å². The van der Waals surface area contributed by atoms with Gasteiger partial charge in [0.25, 0.3) is 11.1 Å². The monoisotopic (exact) mass is 616 g/mol. The van der Waals surface area contributed by atoms with Gasteiger partial charge in [-0.2, -0.15) is 0 Å². The van der Waals surface area contributed by atoms with Crippen molar-refractivity contribution in [1.82, 2.24) is 4.90 Å². The molecule has 0 bridgehead atoms. The third-order valence-electron chi connectivity index (χ3n) is 5.46. The number of hydrogen-bond donors (Lipinski definition) is 1. The topological polar surface area (TPSA) is 94.2 Å². The second-order valence-corrected chi connectivity index (χ2v) is 10.2. The van der Waals surface area contributed by atoms with Gasteiger partial charge in [0.05, 0.1) is 19.1 Å². The van der Waals surface area contributed by atoms with Crippen LogP contribution in [0.4, 0.5) is 10.5 Å². The van der Waals surface area contributed by atoms with Crippen molar-refractivity contribution in [2.24, 2.45) is 0 Å². The molecule has 196 valence electrons. The number of nitrogens with one attached hydrogen (secondary N) is 1. The largest absolute Gasteiger partial charge is 0.497 e. The normalized spacial score (nSPS) is 14.1. The number of ether oxygens (including phenoxy) is 3. The van der Waals surface area contributed by atoms with E-state index in [0.29, 0.717) is 38.0 Å². The maximum Gasteiger partial charge on any atom is 0.294 e. The molecule has 1 fully saturated rings. The lowest BCUT2D eigenvalue weighted by Gasteiger charge is -2.14. The van der Waals surface area contributed by atoms with Crippen LogP contribution in [-0.4, -0.2) is 42.7 Å². The molecule has 1 aliphatic heterocycles. The van der Waals surface area contributed by atoms with E-state index >= 15 is 0 Å². The Morgan fingerprint density at radius 3 is 2.47 bits per heavy atom. The Kier molecular flexibility index (Phi) is 8.98. The van der Waals surface area contributed by atoms with Gasteiger partial charge in [0.15, 0.2) is 11.5 Å². The van der Waals surface area contributed by atoms with Gasteiger partial charge in [-0.1, -0.05) is 45.7 Å². The molecule has 0 atom stereocenters. The summed E-state index contributed by atoms with van der Waals surface area (Å²) in [7, 11) is 3.05. The van der Waals surface area contributed by atoms with Crippen LogP contribution in [0.1, 0.15) is 11.1 Å². The van der Waals surface area contributed by atoms with Gasteiger partial charge in [-0.05, 0) is 65.9 Å². The molecule has 0 radical (unpaired) electrons. The Balaban J connectivity index is 1.46. The first-order chi connectivity index (χ1) is 18.3. The van der Waals surface area contributed by atoms with E-state index in [1.165, 1.54) is 7.11 Å². The summed E-state index contributed by atoms with van der Waals surface area (Å²) in [6, 6.07) is 17.5. The molecule has 3 amide bonds. The van der Waals surface area contributed by atoms with Crippen molar-refractivity contribution >= 4 is 68.1 Å². The standard InChI is InChI=1S/C27H22BrClN2O6S/c1-35-19-9-7-18(8-10-19)30-25(32)14-31-26(33)24(38-27(31)34)12-17-11-22(36-2)23(13-20(17)28)37-15-16-5-3-4-6-21(16)29/h3-13H,14-15H2,1-2H3,(H,30,32)/b24-12+. The number of amides is 3. The molecule has 1 N–H and O–H groups in total. The van der Waals surface area contributed by atoms with Crippen LogP contribution in [0.25, 0.3) is 6.08 Å². The summed E-state index contributed by atoms with van der Waals surface area (Å²) < 4.78 is 17.1. The van der Waals surface area contributed by atoms with E-state index in [0.717, 1.165) is 22.2 Å². The fraction of sp³-hybridized carbons (Fsp3) is 0.148. The van der Waals surface area contributed by atoms with Crippen molar-refractivity contribution in [1.29, 1.82) is 0 Å². The molecule has 4 rings (SSSR count). The molecule has 0 aromatic heterocycles.